The number of rotatable bonds is 9. The van der Waals surface area contributed by atoms with Crippen LogP contribution in [0.15, 0.2) is 48.5 Å². The van der Waals surface area contributed by atoms with Gasteiger partial charge in [-0.25, -0.2) is 4.79 Å². The minimum atomic E-state index is -0.599. The normalized spacial score (nSPS) is 17.7. The number of aliphatic hydroxyl groups excluding tert-OH is 1. The summed E-state index contributed by atoms with van der Waals surface area (Å²) in [5.41, 5.74) is 1.73. The molecule has 2 atom stereocenters. The number of hydrogen-bond donors (Lipinski definition) is 1. The fourth-order valence-corrected chi connectivity index (χ4v) is 3.67. The number of carbonyl (C=O) groups excluding carboxylic acids is 1. The van der Waals surface area contributed by atoms with E-state index in [1.165, 1.54) is 5.56 Å². The van der Waals surface area contributed by atoms with Crippen molar-refractivity contribution >= 4 is 5.97 Å². The second-order valence-corrected chi connectivity index (χ2v) is 7.14. The maximum absolute atomic E-state index is 11.7. The molecule has 0 bridgehead atoms. The molecule has 0 amide bonds. The summed E-state index contributed by atoms with van der Waals surface area (Å²) in [5.74, 6) is 1.11. The third-order valence-corrected chi connectivity index (χ3v) is 5.12. The highest BCUT2D eigenvalue weighted by atomic mass is 16.5. The van der Waals surface area contributed by atoms with Gasteiger partial charge in [0.25, 0.3) is 0 Å². The molecule has 1 heterocycles. The van der Waals surface area contributed by atoms with Crippen LogP contribution in [0.3, 0.4) is 0 Å². The molecule has 1 aliphatic rings. The Bertz CT molecular complexity index is 775. The first-order valence-corrected chi connectivity index (χ1v) is 10.1. The van der Waals surface area contributed by atoms with Crippen LogP contribution in [-0.2, 0) is 4.74 Å². The molecular formula is C23H29NO5. The summed E-state index contributed by atoms with van der Waals surface area (Å²) in [4.78, 5) is 14.0. The van der Waals surface area contributed by atoms with Crippen LogP contribution >= 0.6 is 0 Å². The lowest BCUT2D eigenvalue weighted by Gasteiger charge is -2.27. The molecular weight excluding hydrogens is 370 g/mol. The highest BCUT2D eigenvalue weighted by molar-refractivity contribution is 5.89. The third kappa shape index (κ3) is 5.71. The van der Waals surface area contributed by atoms with Gasteiger partial charge in [0.05, 0.1) is 19.3 Å². The lowest BCUT2D eigenvalue weighted by atomic mass is 10.0. The van der Waals surface area contributed by atoms with E-state index in [1.807, 2.05) is 12.1 Å². The van der Waals surface area contributed by atoms with Crippen LogP contribution in [0.25, 0.3) is 0 Å². The molecule has 1 aliphatic heterocycles. The lowest BCUT2D eigenvalue weighted by molar-refractivity contribution is 0.0525. The first-order chi connectivity index (χ1) is 14.1. The van der Waals surface area contributed by atoms with E-state index >= 15 is 0 Å². The molecule has 2 aromatic rings. The number of ether oxygens (including phenoxy) is 3. The summed E-state index contributed by atoms with van der Waals surface area (Å²) in [6, 6.07) is 15.2. The zero-order valence-corrected chi connectivity index (χ0v) is 17.0. The molecule has 0 unspecified atom stereocenters. The van der Waals surface area contributed by atoms with Gasteiger partial charge in [-0.15, -0.1) is 0 Å². The van der Waals surface area contributed by atoms with Crippen LogP contribution in [0, 0.1) is 0 Å². The summed E-state index contributed by atoms with van der Waals surface area (Å²) in [6.07, 6.45) is 1.59. The van der Waals surface area contributed by atoms with Crippen LogP contribution < -0.4 is 9.47 Å². The first-order valence-electron chi connectivity index (χ1n) is 10.1. The quantitative estimate of drug-likeness (QED) is 0.652. The van der Waals surface area contributed by atoms with Crippen LogP contribution in [0.5, 0.6) is 11.5 Å². The molecule has 6 nitrogen and oxygen atoms in total. The smallest absolute Gasteiger partial charge is 0.338 e. The van der Waals surface area contributed by atoms with Crippen molar-refractivity contribution in [3.8, 4) is 11.5 Å². The Kier molecular flexibility index (Phi) is 7.49. The van der Waals surface area contributed by atoms with Crippen molar-refractivity contribution in [2.45, 2.75) is 31.9 Å². The van der Waals surface area contributed by atoms with Gasteiger partial charge in [0.15, 0.2) is 0 Å². The molecule has 2 aromatic carbocycles. The van der Waals surface area contributed by atoms with Crippen molar-refractivity contribution in [2.75, 3.05) is 33.4 Å². The maximum Gasteiger partial charge on any atom is 0.338 e. The lowest BCUT2D eigenvalue weighted by Crippen LogP contribution is -2.35. The number of aliphatic hydroxyl groups is 1. The predicted molar refractivity (Wildman–Crippen MR) is 110 cm³/mol. The summed E-state index contributed by atoms with van der Waals surface area (Å²) in [7, 11) is 1.66. The Morgan fingerprint density at radius 2 is 1.83 bits per heavy atom. The molecule has 0 radical (unpaired) electrons. The van der Waals surface area contributed by atoms with Crippen molar-refractivity contribution in [1.29, 1.82) is 0 Å². The molecule has 0 spiro atoms. The van der Waals surface area contributed by atoms with Crippen molar-refractivity contribution < 1.29 is 24.1 Å². The van der Waals surface area contributed by atoms with Gasteiger partial charge in [0.1, 0.15) is 24.2 Å². The van der Waals surface area contributed by atoms with Gasteiger partial charge in [0, 0.05) is 12.6 Å². The SMILES string of the molecule is CCOC(=O)c1ccc(OC[C@H](O)CN2CCC[C@@H]2c2ccc(OC)cc2)cc1. The minimum Gasteiger partial charge on any atom is -0.497 e. The van der Waals surface area contributed by atoms with E-state index in [2.05, 4.69) is 17.0 Å². The van der Waals surface area contributed by atoms with Gasteiger partial charge in [-0.2, -0.15) is 0 Å². The Balaban J connectivity index is 1.50. The van der Waals surface area contributed by atoms with E-state index in [4.69, 9.17) is 14.2 Å². The number of hydrogen-bond acceptors (Lipinski definition) is 6. The summed E-state index contributed by atoms with van der Waals surface area (Å²) in [6.45, 7) is 3.83. The van der Waals surface area contributed by atoms with Crippen LogP contribution in [-0.4, -0.2) is 55.5 Å². The van der Waals surface area contributed by atoms with Gasteiger partial charge in [0.2, 0.25) is 0 Å². The van der Waals surface area contributed by atoms with E-state index in [9.17, 15) is 9.90 Å². The average Bonchev–Trinajstić information content (AvgIpc) is 3.21. The summed E-state index contributed by atoms with van der Waals surface area (Å²) >= 11 is 0. The second-order valence-electron chi connectivity index (χ2n) is 7.14. The van der Waals surface area contributed by atoms with Gasteiger partial charge in [-0.1, -0.05) is 12.1 Å². The standard InChI is InChI=1S/C23H29NO5/c1-3-28-23(26)18-8-12-21(13-9-18)29-16-19(25)15-24-14-4-5-22(24)17-6-10-20(27-2)11-7-17/h6-13,19,22,25H,3-5,14-16H2,1-2H3/t19-,22-/m1/s1. The van der Waals surface area contributed by atoms with Gasteiger partial charge in [-0.3, -0.25) is 4.90 Å². The Hall–Kier alpha value is -2.57. The van der Waals surface area contributed by atoms with Crippen LogP contribution in [0.4, 0.5) is 0 Å². The number of benzene rings is 2. The highest BCUT2D eigenvalue weighted by Gasteiger charge is 2.27. The monoisotopic (exact) mass is 399 g/mol. The van der Waals surface area contributed by atoms with Crippen LogP contribution in [0.1, 0.15) is 41.7 Å². The number of likely N-dealkylation sites (tertiary alicyclic amines) is 1. The largest absolute Gasteiger partial charge is 0.497 e. The molecule has 0 aromatic heterocycles. The number of β-amino-alcohol motifs (C(OH)–C–C–N with tert-alkyl or cyclic N) is 1. The molecule has 156 valence electrons. The molecule has 1 N–H and O–H groups in total. The predicted octanol–water partition coefficient (Wildman–Crippen LogP) is 3.45. The third-order valence-electron chi connectivity index (χ3n) is 5.12. The Labute approximate surface area is 172 Å². The number of esters is 1. The number of nitrogens with zero attached hydrogens (tertiary/aromatic N) is 1. The van der Waals surface area contributed by atoms with Gasteiger partial charge in [-0.05, 0) is 68.3 Å². The Morgan fingerprint density at radius 1 is 1.14 bits per heavy atom. The molecule has 6 heteroatoms. The molecule has 1 saturated heterocycles. The van der Waals surface area contributed by atoms with Crippen molar-refractivity contribution in [1.82, 2.24) is 4.90 Å². The molecule has 0 saturated carbocycles. The van der Waals surface area contributed by atoms with Gasteiger partial charge < -0.3 is 19.3 Å². The molecule has 29 heavy (non-hydrogen) atoms. The summed E-state index contributed by atoms with van der Waals surface area (Å²) in [5, 5.41) is 10.5. The van der Waals surface area contributed by atoms with Crippen molar-refractivity contribution in [3.63, 3.8) is 0 Å². The average molecular weight is 399 g/mol. The van der Waals surface area contributed by atoms with E-state index in [0.29, 0.717) is 30.5 Å². The van der Waals surface area contributed by atoms with E-state index < -0.39 is 6.10 Å². The van der Waals surface area contributed by atoms with Crippen molar-refractivity contribution in [2.24, 2.45) is 0 Å². The Morgan fingerprint density at radius 3 is 2.48 bits per heavy atom. The second kappa shape index (κ2) is 10.3. The van der Waals surface area contributed by atoms with Crippen LogP contribution in [0.2, 0.25) is 0 Å². The van der Waals surface area contributed by atoms with E-state index in [0.717, 1.165) is 25.1 Å². The molecule has 3 rings (SSSR count). The van der Waals surface area contributed by atoms with E-state index in [-0.39, 0.29) is 12.6 Å². The number of carbonyl (C=O) groups is 1. The number of methoxy groups -OCH3 is 1. The minimum absolute atomic E-state index is 0.199. The molecule has 1 fully saturated rings. The summed E-state index contributed by atoms with van der Waals surface area (Å²) < 4.78 is 15.9. The van der Waals surface area contributed by atoms with Gasteiger partial charge >= 0.3 is 5.97 Å². The zero-order valence-electron chi connectivity index (χ0n) is 17.0. The van der Waals surface area contributed by atoms with Crippen molar-refractivity contribution in [3.05, 3.63) is 59.7 Å². The highest BCUT2D eigenvalue weighted by Crippen LogP contribution is 2.32. The fraction of sp³-hybridized carbons (Fsp3) is 0.435. The first kappa shape index (κ1) is 21.1. The van der Waals surface area contributed by atoms with E-state index in [1.54, 1.807) is 38.3 Å². The fourth-order valence-electron chi connectivity index (χ4n) is 3.67. The topological polar surface area (TPSA) is 68.2 Å². The zero-order chi connectivity index (χ0) is 20.6. The maximum atomic E-state index is 11.7. The molecule has 0 aliphatic carbocycles.